The molecule has 0 fully saturated rings. The van der Waals surface area contributed by atoms with E-state index in [9.17, 15) is 8.42 Å². The van der Waals surface area contributed by atoms with Crippen LogP contribution in [-0.4, -0.2) is 24.9 Å². The van der Waals surface area contributed by atoms with Crippen molar-refractivity contribution in [2.45, 2.75) is 11.8 Å². The quantitative estimate of drug-likeness (QED) is 0.823. The topological polar surface area (TPSA) is 107 Å². The largest absolute Gasteiger partial charge is 0.495 e. The highest BCUT2D eigenvalue weighted by Gasteiger charge is 2.17. The number of nitrogens with zero attached hydrogens (tertiary/aromatic N) is 2. The van der Waals surface area contributed by atoms with Crippen molar-refractivity contribution in [2.24, 2.45) is 0 Å². The summed E-state index contributed by atoms with van der Waals surface area (Å²) in [5.41, 5.74) is 5.93. The Labute approximate surface area is 114 Å². The van der Waals surface area contributed by atoms with Gasteiger partial charge < -0.3 is 10.5 Å². The Bertz CT molecular complexity index is 697. The van der Waals surface area contributed by atoms with Gasteiger partial charge in [-0.25, -0.2) is 13.4 Å². The van der Waals surface area contributed by atoms with Crippen LogP contribution in [0.2, 0.25) is 0 Å². The Morgan fingerprint density at radius 1 is 1.42 bits per heavy atom. The van der Waals surface area contributed by atoms with Gasteiger partial charge >= 0.3 is 0 Å². The van der Waals surface area contributed by atoms with Gasteiger partial charge in [0.05, 0.1) is 17.7 Å². The maximum absolute atomic E-state index is 12.1. The third-order valence-corrected chi connectivity index (χ3v) is 4.45. The number of anilines is 2. The molecule has 0 spiro atoms. The van der Waals surface area contributed by atoms with Crippen LogP contribution in [0.15, 0.2) is 23.1 Å². The summed E-state index contributed by atoms with van der Waals surface area (Å²) in [6, 6.07) is 4.23. The van der Waals surface area contributed by atoms with Crippen LogP contribution in [0.5, 0.6) is 5.75 Å². The van der Waals surface area contributed by atoms with E-state index in [-0.39, 0.29) is 15.7 Å². The standard InChI is InChI=1S/C10H12N4O3S2/c1-6-12-10(18-13-6)14-19(15,16)7-3-4-9(17-2)8(11)5-7/h3-5H,11H2,1-2H3,(H,12,13,14). The SMILES string of the molecule is COc1ccc(S(=O)(=O)Nc2nc(C)ns2)cc1N. The van der Waals surface area contributed by atoms with Crippen LogP contribution in [0.4, 0.5) is 10.8 Å². The molecular formula is C10H12N4O3S2. The highest BCUT2D eigenvalue weighted by Crippen LogP contribution is 2.25. The van der Waals surface area contributed by atoms with E-state index in [1.54, 1.807) is 6.92 Å². The summed E-state index contributed by atoms with van der Waals surface area (Å²) in [5, 5.41) is 0.215. The number of aromatic nitrogens is 2. The molecule has 0 unspecified atom stereocenters. The van der Waals surface area contributed by atoms with Crippen molar-refractivity contribution in [1.29, 1.82) is 0 Å². The molecule has 0 saturated carbocycles. The van der Waals surface area contributed by atoms with E-state index >= 15 is 0 Å². The number of benzene rings is 1. The van der Waals surface area contributed by atoms with Gasteiger partial charge in [0.1, 0.15) is 11.6 Å². The molecule has 19 heavy (non-hydrogen) atoms. The third-order valence-electron chi connectivity index (χ3n) is 2.26. The number of nitrogens with two attached hydrogens (primary N) is 1. The normalized spacial score (nSPS) is 11.3. The van der Waals surface area contributed by atoms with E-state index in [4.69, 9.17) is 10.5 Å². The fraction of sp³-hybridized carbons (Fsp3) is 0.200. The fourth-order valence-corrected chi connectivity index (χ4v) is 3.23. The van der Waals surface area contributed by atoms with E-state index in [0.29, 0.717) is 11.6 Å². The lowest BCUT2D eigenvalue weighted by Crippen LogP contribution is -2.13. The Morgan fingerprint density at radius 3 is 2.68 bits per heavy atom. The van der Waals surface area contributed by atoms with Crippen LogP contribution in [0.1, 0.15) is 5.82 Å². The molecule has 1 heterocycles. The molecule has 0 aliphatic rings. The summed E-state index contributed by atoms with van der Waals surface area (Å²) >= 11 is 0.976. The van der Waals surface area contributed by atoms with Crippen molar-refractivity contribution in [1.82, 2.24) is 9.36 Å². The molecule has 1 aromatic heterocycles. The molecule has 1 aromatic carbocycles. The Kier molecular flexibility index (Phi) is 3.58. The van der Waals surface area contributed by atoms with Gasteiger partial charge in [-0.2, -0.15) is 4.37 Å². The van der Waals surface area contributed by atoms with Crippen LogP contribution in [-0.2, 0) is 10.0 Å². The molecule has 7 nitrogen and oxygen atoms in total. The van der Waals surface area contributed by atoms with Gasteiger partial charge in [0.15, 0.2) is 0 Å². The Balaban J connectivity index is 2.31. The lowest BCUT2D eigenvalue weighted by Gasteiger charge is -2.08. The van der Waals surface area contributed by atoms with Crippen LogP contribution < -0.4 is 15.2 Å². The summed E-state index contributed by atoms with van der Waals surface area (Å²) in [6.07, 6.45) is 0. The second kappa shape index (κ2) is 5.02. The zero-order valence-electron chi connectivity index (χ0n) is 10.2. The van der Waals surface area contributed by atoms with Crippen LogP contribution >= 0.6 is 11.5 Å². The molecule has 0 bridgehead atoms. The number of nitrogen functional groups attached to an aromatic ring is 1. The van der Waals surface area contributed by atoms with E-state index in [2.05, 4.69) is 14.1 Å². The highest BCUT2D eigenvalue weighted by atomic mass is 32.2. The molecule has 0 aliphatic carbocycles. The second-order valence-corrected chi connectivity index (χ2v) is 6.09. The van der Waals surface area contributed by atoms with E-state index in [1.807, 2.05) is 0 Å². The van der Waals surface area contributed by atoms with Crippen molar-refractivity contribution in [2.75, 3.05) is 17.6 Å². The van der Waals surface area contributed by atoms with Gasteiger partial charge in [-0.05, 0) is 25.1 Å². The smallest absolute Gasteiger partial charge is 0.263 e. The summed E-state index contributed by atoms with van der Waals surface area (Å²) in [4.78, 5) is 3.98. The van der Waals surface area contributed by atoms with Crippen LogP contribution in [0.25, 0.3) is 0 Å². The first-order chi connectivity index (χ1) is 8.92. The van der Waals surface area contributed by atoms with Gasteiger partial charge in [0, 0.05) is 11.5 Å². The maximum Gasteiger partial charge on any atom is 0.263 e. The summed E-state index contributed by atoms with van der Waals surface area (Å²) in [7, 11) is -2.26. The fourth-order valence-electron chi connectivity index (χ4n) is 1.39. The van der Waals surface area contributed by atoms with Crippen LogP contribution in [0.3, 0.4) is 0 Å². The molecule has 0 atom stereocenters. The van der Waals surface area contributed by atoms with Crippen molar-refractivity contribution in [3.8, 4) is 5.75 Å². The number of hydrogen-bond donors (Lipinski definition) is 2. The molecule has 0 radical (unpaired) electrons. The van der Waals surface area contributed by atoms with Gasteiger partial charge in [0.25, 0.3) is 10.0 Å². The first-order valence-electron chi connectivity index (χ1n) is 5.19. The minimum Gasteiger partial charge on any atom is -0.495 e. The predicted octanol–water partition coefficient (Wildman–Crippen LogP) is 1.24. The average molecular weight is 300 g/mol. The number of methoxy groups -OCH3 is 1. The molecular weight excluding hydrogens is 288 g/mol. The number of hydrogen-bond acceptors (Lipinski definition) is 7. The van der Waals surface area contributed by atoms with E-state index in [0.717, 1.165) is 11.5 Å². The lowest BCUT2D eigenvalue weighted by atomic mass is 10.3. The number of sulfonamides is 1. The van der Waals surface area contributed by atoms with Crippen molar-refractivity contribution in [3.63, 3.8) is 0 Å². The number of ether oxygens (including phenoxy) is 1. The summed E-state index contributed by atoms with van der Waals surface area (Å²) in [6.45, 7) is 1.68. The van der Waals surface area contributed by atoms with Crippen LogP contribution in [0, 0.1) is 6.92 Å². The molecule has 0 aliphatic heterocycles. The minimum atomic E-state index is -3.73. The first-order valence-corrected chi connectivity index (χ1v) is 7.44. The monoisotopic (exact) mass is 300 g/mol. The second-order valence-electron chi connectivity index (χ2n) is 3.66. The number of aryl methyl sites for hydroxylation is 1. The van der Waals surface area contributed by atoms with Crippen molar-refractivity contribution >= 4 is 32.4 Å². The molecule has 3 N–H and O–H groups in total. The molecule has 2 rings (SSSR count). The predicted molar refractivity (Wildman–Crippen MR) is 72.9 cm³/mol. The zero-order chi connectivity index (χ0) is 14.0. The van der Waals surface area contributed by atoms with E-state index in [1.165, 1.54) is 25.3 Å². The van der Waals surface area contributed by atoms with Gasteiger partial charge in [-0.1, -0.05) is 0 Å². The van der Waals surface area contributed by atoms with Crippen molar-refractivity contribution < 1.29 is 13.2 Å². The summed E-state index contributed by atoms with van der Waals surface area (Å²) < 4.78 is 35.4. The van der Waals surface area contributed by atoms with Gasteiger partial charge in [-0.15, -0.1) is 0 Å². The molecule has 2 aromatic rings. The maximum atomic E-state index is 12.1. The third kappa shape index (κ3) is 2.93. The first kappa shape index (κ1) is 13.6. The average Bonchev–Trinajstić information content (AvgIpc) is 2.73. The molecule has 102 valence electrons. The zero-order valence-corrected chi connectivity index (χ0v) is 11.9. The number of nitrogens with one attached hydrogen (secondary N) is 1. The van der Waals surface area contributed by atoms with Gasteiger partial charge in [-0.3, -0.25) is 4.72 Å². The Hall–Kier alpha value is -1.87. The Morgan fingerprint density at radius 2 is 2.16 bits per heavy atom. The minimum absolute atomic E-state index is 0.0404. The molecule has 0 saturated heterocycles. The van der Waals surface area contributed by atoms with Gasteiger partial charge in [0.2, 0.25) is 5.13 Å². The van der Waals surface area contributed by atoms with Crippen molar-refractivity contribution in [3.05, 3.63) is 24.0 Å². The van der Waals surface area contributed by atoms with E-state index < -0.39 is 10.0 Å². The number of rotatable bonds is 4. The highest BCUT2D eigenvalue weighted by molar-refractivity contribution is 7.93. The lowest BCUT2D eigenvalue weighted by molar-refractivity contribution is 0.416. The molecule has 0 amide bonds. The molecule has 9 heteroatoms. The summed E-state index contributed by atoms with van der Waals surface area (Å²) in [5.74, 6) is 0.933.